The molecule has 16 heavy (non-hydrogen) atoms. The van der Waals surface area contributed by atoms with Gasteiger partial charge >= 0.3 is 6.18 Å². The van der Waals surface area contributed by atoms with E-state index in [0.717, 1.165) is 12.1 Å². The summed E-state index contributed by atoms with van der Waals surface area (Å²) in [7, 11) is 0. The normalized spacial score (nSPS) is 13.6. The Hall–Kier alpha value is -1.36. The van der Waals surface area contributed by atoms with Crippen LogP contribution in [-0.4, -0.2) is 11.8 Å². The van der Waals surface area contributed by atoms with E-state index >= 15 is 0 Å². The number of Topliss-reactive ketones (excluding diaryl/α,β-unsaturated/α-hetero) is 1. The first-order valence-corrected chi connectivity index (χ1v) is 4.84. The lowest BCUT2D eigenvalue weighted by Gasteiger charge is -2.14. The van der Waals surface area contributed by atoms with Gasteiger partial charge in [0.15, 0.2) is 5.78 Å². The molecule has 0 aliphatic heterocycles. The van der Waals surface area contributed by atoms with Crippen LogP contribution in [-0.2, 0) is 6.18 Å². The lowest BCUT2D eigenvalue weighted by molar-refractivity contribution is -0.137. The fraction of sp³-hybridized carbons (Fsp3) is 0.364. The maximum absolute atomic E-state index is 12.6. The van der Waals surface area contributed by atoms with E-state index < -0.39 is 23.6 Å². The van der Waals surface area contributed by atoms with Gasteiger partial charge in [0.05, 0.1) is 11.6 Å². The highest BCUT2D eigenvalue weighted by molar-refractivity contribution is 6.01. The van der Waals surface area contributed by atoms with Gasteiger partial charge in [0, 0.05) is 5.56 Å². The fourth-order valence-electron chi connectivity index (χ4n) is 1.33. The van der Waals surface area contributed by atoms with Crippen LogP contribution in [0.2, 0.25) is 0 Å². The zero-order chi connectivity index (χ0) is 12.3. The van der Waals surface area contributed by atoms with Crippen molar-refractivity contribution in [1.29, 1.82) is 0 Å². The third kappa shape index (κ3) is 2.61. The van der Waals surface area contributed by atoms with Crippen LogP contribution in [0.25, 0.3) is 0 Å². The maximum Gasteiger partial charge on any atom is 0.417 e. The van der Waals surface area contributed by atoms with Gasteiger partial charge < -0.3 is 5.73 Å². The molecule has 0 spiro atoms. The third-order valence-electron chi connectivity index (χ3n) is 2.27. The largest absolute Gasteiger partial charge is 0.417 e. The summed E-state index contributed by atoms with van der Waals surface area (Å²) in [5.41, 5.74) is 4.16. The lowest BCUT2D eigenvalue weighted by atomic mass is 9.98. The van der Waals surface area contributed by atoms with Crippen LogP contribution >= 0.6 is 0 Å². The Bertz CT molecular complexity index is 387. The van der Waals surface area contributed by atoms with Gasteiger partial charge in [0.25, 0.3) is 0 Å². The molecule has 0 aliphatic rings. The van der Waals surface area contributed by atoms with Crippen LogP contribution in [0.5, 0.6) is 0 Å². The summed E-state index contributed by atoms with van der Waals surface area (Å²) in [6, 6.07) is 3.79. The fourth-order valence-corrected chi connectivity index (χ4v) is 1.33. The Kier molecular flexibility index (Phi) is 3.70. The predicted molar refractivity (Wildman–Crippen MR) is 54.0 cm³/mol. The average Bonchev–Trinajstić information content (AvgIpc) is 2.26. The molecule has 0 bridgehead atoms. The minimum absolute atomic E-state index is 0.311. The molecular weight excluding hydrogens is 219 g/mol. The quantitative estimate of drug-likeness (QED) is 0.812. The topological polar surface area (TPSA) is 43.1 Å². The van der Waals surface area contributed by atoms with Crippen LogP contribution in [0.15, 0.2) is 24.3 Å². The first-order valence-electron chi connectivity index (χ1n) is 4.84. The molecule has 2 N–H and O–H groups in total. The summed E-state index contributed by atoms with van der Waals surface area (Å²) in [6.45, 7) is 1.65. The van der Waals surface area contributed by atoms with Gasteiger partial charge in [0.1, 0.15) is 0 Å². The van der Waals surface area contributed by atoms with Crippen molar-refractivity contribution in [3.05, 3.63) is 35.4 Å². The number of hydrogen-bond donors (Lipinski definition) is 1. The summed E-state index contributed by atoms with van der Waals surface area (Å²) in [4.78, 5) is 11.6. The molecule has 0 aliphatic carbocycles. The number of rotatable bonds is 3. The number of carbonyl (C=O) groups is 1. The van der Waals surface area contributed by atoms with Crippen LogP contribution in [0.3, 0.4) is 0 Å². The van der Waals surface area contributed by atoms with E-state index in [9.17, 15) is 18.0 Å². The Labute approximate surface area is 91.3 Å². The number of ketones is 1. The maximum atomic E-state index is 12.6. The van der Waals surface area contributed by atoms with Gasteiger partial charge in [-0.25, -0.2) is 0 Å². The highest BCUT2D eigenvalue weighted by atomic mass is 19.4. The second kappa shape index (κ2) is 4.65. The molecule has 0 fully saturated rings. The van der Waals surface area contributed by atoms with E-state index in [1.807, 2.05) is 0 Å². The number of halogens is 3. The molecule has 88 valence electrons. The smallest absolute Gasteiger partial charge is 0.321 e. The van der Waals surface area contributed by atoms with Gasteiger partial charge in [-0.2, -0.15) is 13.2 Å². The van der Waals surface area contributed by atoms with E-state index in [1.165, 1.54) is 12.1 Å². The first-order chi connectivity index (χ1) is 7.38. The molecule has 2 nitrogen and oxygen atoms in total. The van der Waals surface area contributed by atoms with Gasteiger partial charge in [-0.05, 0) is 12.5 Å². The zero-order valence-corrected chi connectivity index (χ0v) is 8.71. The molecule has 1 rings (SSSR count). The van der Waals surface area contributed by atoms with E-state index in [-0.39, 0.29) is 5.56 Å². The van der Waals surface area contributed by atoms with Crippen molar-refractivity contribution >= 4 is 5.78 Å². The number of carbonyl (C=O) groups excluding carboxylic acids is 1. The van der Waals surface area contributed by atoms with Crippen LogP contribution in [0, 0.1) is 0 Å². The summed E-state index contributed by atoms with van der Waals surface area (Å²) in [6.07, 6.45) is -4.22. The second-order valence-corrected chi connectivity index (χ2v) is 3.42. The summed E-state index contributed by atoms with van der Waals surface area (Å²) < 4.78 is 37.7. The Balaban J connectivity index is 3.19. The van der Waals surface area contributed by atoms with Gasteiger partial charge in [-0.3, -0.25) is 4.79 Å². The van der Waals surface area contributed by atoms with Crippen LogP contribution in [0.4, 0.5) is 13.2 Å². The van der Waals surface area contributed by atoms with E-state index in [1.54, 1.807) is 6.92 Å². The number of hydrogen-bond acceptors (Lipinski definition) is 2. The predicted octanol–water partition coefficient (Wildman–Crippen LogP) is 2.63. The first kappa shape index (κ1) is 12.7. The standard InChI is InChI=1S/C11H12F3NO/c1-2-9(15)10(16)7-5-3-4-6-8(7)11(12,13)14/h3-6,9H,2,15H2,1H3. The lowest BCUT2D eigenvalue weighted by Crippen LogP contribution is -2.31. The van der Waals surface area contributed by atoms with E-state index in [4.69, 9.17) is 5.73 Å². The molecule has 0 amide bonds. The van der Waals surface area contributed by atoms with Crippen LogP contribution < -0.4 is 5.73 Å². The molecule has 0 radical (unpaired) electrons. The third-order valence-corrected chi connectivity index (χ3v) is 2.27. The van der Waals surface area contributed by atoms with E-state index in [0.29, 0.717) is 6.42 Å². The van der Waals surface area contributed by atoms with Crippen molar-refractivity contribution in [2.45, 2.75) is 25.6 Å². The Morgan fingerprint density at radius 1 is 1.38 bits per heavy atom. The highest BCUT2D eigenvalue weighted by Crippen LogP contribution is 2.32. The molecule has 1 unspecified atom stereocenters. The summed E-state index contributed by atoms with van der Waals surface area (Å²) in [5, 5.41) is 0. The van der Waals surface area contributed by atoms with Crippen molar-refractivity contribution in [2.24, 2.45) is 5.73 Å². The zero-order valence-electron chi connectivity index (χ0n) is 8.71. The summed E-state index contributed by atoms with van der Waals surface area (Å²) in [5.74, 6) is -0.671. The molecule has 1 aromatic rings. The van der Waals surface area contributed by atoms with Crippen molar-refractivity contribution in [3.63, 3.8) is 0 Å². The van der Waals surface area contributed by atoms with Crippen molar-refractivity contribution in [1.82, 2.24) is 0 Å². The van der Waals surface area contributed by atoms with Crippen molar-refractivity contribution in [3.8, 4) is 0 Å². The molecule has 0 saturated carbocycles. The Morgan fingerprint density at radius 2 is 1.94 bits per heavy atom. The van der Waals surface area contributed by atoms with Gasteiger partial charge in [-0.1, -0.05) is 25.1 Å². The monoisotopic (exact) mass is 231 g/mol. The molecule has 0 heterocycles. The Morgan fingerprint density at radius 3 is 2.44 bits per heavy atom. The molecular formula is C11H12F3NO. The van der Waals surface area contributed by atoms with Gasteiger partial charge in [-0.15, -0.1) is 0 Å². The van der Waals surface area contributed by atoms with Crippen molar-refractivity contribution in [2.75, 3.05) is 0 Å². The van der Waals surface area contributed by atoms with Crippen LogP contribution in [0.1, 0.15) is 29.3 Å². The van der Waals surface area contributed by atoms with E-state index in [2.05, 4.69) is 0 Å². The summed E-state index contributed by atoms with van der Waals surface area (Å²) >= 11 is 0. The molecule has 1 aromatic carbocycles. The second-order valence-electron chi connectivity index (χ2n) is 3.42. The van der Waals surface area contributed by atoms with Gasteiger partial charge in [0.2, 0.25) is 0 Å². The SMILES string of the molecule is CCC(N)C(=O)c1ccccc1C(F)(F)F. The number of nitrogens with two attached hydrogens (primary N) is 1. The minimum atomic E-state index is -4.53. The molecule has 1 atom stereocenters. The number of alkyl halides is 3. The molecule has 0 aromatic heterocycles. The molecule has 0 saturated heterocycles. The molecule has 5 heteroatoms. The van der Waals surface area contributed by atoms with Crippen molar-refractivity contribution < 1.29 is 18.0 Å². The minimum Gasteiger partial charge on any atom is -0.321 e. The number of benzene rings is 1. The average molecular weight is 231 g/mol. The highest BCUT2D eigenvalue weighted by Gasteiger charge is 2.35.